The van der Waals surface area contributed by atoms with Crippen LogP contribution in [0.5, 0.6) is 0 Å². The Morgan fingerprint density at radius 1 is 1.32 bits per heavy atom. The van der Waals surface area contributed by atoms with Crippen molar-refractivity contribution in [1.82, 2.24) is 9.55 Å². The molecule has 0 aliphatic heterocycles. The summed E-state index contributed by atoms with van der Waals surface area (Å²) in [7, 11) is 0. The number of nitrogens with zero attached hydrogens (tertiary/aromatic N) is 2. The van der Waals surface area contributed by atoms with Crippen LogP contribution < -0.4 is 5.32 Å². The van der Waals surface area contributed by atoms with Crippen molar-refractivity contribution in [2.75, 3.05) is 5.32 Å². The summed E-state index contributed by atoms with van der Waals surface area (Å²) in [6, 6.07) is 5.10. The maximum atomic E-state index is 13.9. The molecule has 0 bridgehead atoms. The molecule has 1 fully saturated rings. The Hall–Kier alpha value is -1.55. The van der Waals surface area contributed by atoms with E-state index in [1.54, 1.807) is 29.1 Å². The van der Waals surface area contributed by atoms with Crippen LogP contribution in [0.2, 0.25) is 5.02 Å². The summed E-state index contributed by atoms with van der Waals surface area (Å²) < 4.78 is 15.7. The molecule has 3 nitrogen and oxygen atoms in total. The van der Waals surface area contributed by atoms with Gasteiger partial charge in [0.25, 0.3) is 0 Å². The van der Waals surface area contributed by atoms with E-state index in [0.29, 0.717) is 22.7 Å². The fourth-order valence-corrected chi connectivity index (χ4v) is 2.69. The van der Waals surface area contributed by atoms with Gasteiger partial charge in [0.05, 0.1) is 5.69 Å². The fraction of sp³-hybridized carbons (Fsp3) is 0.357. The molecular weight excluding hydrogens is 265 g/mol. The number of anilines is 1. The van der Waals surface area contributed by atoms with E-state index in [2.05, 4.69) is 10.3 Å². The Morgan fingerprint density at radius 2 is 2.11 bits per heavy atom. The lowest BCUT2D eigenvalue weighted by Crippen LogP contribution is -2.17. The van der Waals surface area contributed by atoms with E-state index in [-0.39, 0.29) is 5.82 Å². The zero-order valence-corrected chi connectivity index (χ0v) is 11.2. The summed E-state index contributed by atoms with van der Waals surface area (Å²) in [6.07, 6.45) is 8.21. The largest absolute Gasteiger partial charge is 0.353 e. The van der Waals surface area contributed by atoms with Gasteiger partial charge in [-0.3, -0.25) is 4.57 Å². The van der Waals surface area contributed by atoms with Gasteiger partial charge in [0, 0.05) is 23.5 Å². The SMILES string of the molecule is Fc1cc(Cl)ccc1-n1ccnc1NC1CCCC1. The molecule has 1 aromatic heterocycles. The number of halogens is 2. The standard InChI is InChI=1S/C14H15ClFN3/c15-10-5-6-13(12(16)9-10)19-8-7-17-14(19)18-11-3-1-2-4-11/h5-9,11H,1-4H2,(H,17,18). The molecule has 5 heteroatoms. The Bertz CT molecular complexity index is 576. The van der Waals surface area contributed by atoms with Crippen LogP contribution in [0, 0.1) is 5.82 Å². The highest BCUT2D eigenvalue weighted by Crippen LogP contribution is 2.25. The van der Waals surface area contributed by atoms with Gasteiger partial charge in [0.15, 0.2) is 0 Å². The third kappa shape index (κ3) is 2.59. The van der Waals surface area contributed by atoms with E-state index < -0.39 is 0 Å². The zero-order chi connectivity index (χ0) is 13.2. The minimum Gasteiger partial charge on any atom is -0.353 e. The third-order valence-corrected chi connectivity index (χ3v) is 3.73. The highest BCUT2D eigenvalue weighted by Gasteiger charge is 2.17. The molecule has 1 aromatic carbocycles. The number of hydrogen-bond donors (Lipinski definition) is 1. The van der Waals surface area contributed by atoms with Crippen LogP contribution >= 0.6 is 11.6 Å². The van der Waals surface area contributed by atoms with Crippen molar-refractivity contribution in [3.05, 3.63) is 41.4 Å². The first-order valence-corrected chi connectivity index (χ1v) is 6.87. The Kier molecular flexibility index (Phi) is 3.42. The monoisotopic (exact) mass is 279 g/mol. The van der Waals surface area contributed by atoms with Crippen LogP contribution in [0.15, 0.2) is 30.6 Å². The normalized spacial score (nSPS) is 15.9. The van der Waals surface area contributed by atoms with E-state index >= 15 is 0 Å². The second-order valence-electron chi connectivity index (χ2n) is 4.84. The molecule has 100 valence electrons. The number of benzene rings is 1. The zero-order valence-electron chi connectivity index (χ0n) is 10.4. The van der Waals surface area contributed by atoms with Crippen molar-refractivity contribution in [2.24, 2.45) is 0 Å². The van der Waals surface area contributed by atoms with Gasteiger partial charge >= 0.3 is 0 Å². The molecule has 2 aromatic rings. The minimum absolute atomic E-state index is 0.347. The van der Waals surface area contributed by atoms with Gasteiger partial charge in [0.2, 0.25) is 5.95 Å². The molecule has 3 rings (SSSR count). The third-order valence-electron chi connectivity index (χ3n) is 3.50. The quantitative estimate of drug-likeness (QED) is 0.920. The Balaban J connectivity index is 1.90. The average Bonchev–Trinajstić information content (AvgIpc) is 3.02. The van der Waals surface area contributed by atoms with Crippen LogP contribution in [0.4, 0.5) is 10.3 Å². The summed E-state index contributed by atoms with van der Waals surface area (Å²) in [6.45, 7) is 0. The Labute approximate surface area is 116 Å². The number of nitrogens with one attached hydrogen (secondary N) is 1. The molecule has 0 unspecified atom stereocenters. The van der Waals surface area contributed by atoms with Gasteiger partial charge in [0.1, 0.15) is 5.82 Å². The molecular formula is C14H15ClFN3. The molecule has 1 heterocycles. The molecule has 1 N–H and O–H groups in total. The van der Waals surface area contributed by atoms with Crippen LogP contribution in [-0.4, -0.2) is 15.6 Å². The highest BCUT2D eigenvalue weighted by molar-refractivity contribution is 6.30. The number of aromatic nitrogens is 2. The maximum absolute atomic E-state index is 13.9. The lowest BCUT2D eigenvalue weighted by Gasteiger charge is -2.15. The van der Waals surface area contributed by atoms with Gasteiger partial charge in [-0.25, -0.2) is 9.37 Å². The number of imidazole rings is 1. The lowest BCUT2D eigenvalue weighted by molar-refractivity contribution is 0.617. The average molecular weight is 280 g/mol. The first-order chi connectivity index (χ1) is 9.24. The summed E-state index contributed by atoms with van der Waals surface area (Å²) in [5.74, 6) is 0.341. The van der Waals surface area contributed by atoms with Gasteiger partial charge in [-0.2, -0.15) is 0 Å². The molecule has 0 saturated heterocycles. The maximum Gasteiger partial charge on any atom is 0.207 e. The molecule has 1 aliphatic rings. The highest BCUT2D eigenvalue weighted by atomic mass is 35.5. The van der Waals surface area contributed by atoms with E-state index in [1.165, 1.54) is 18.9 Å². The fourth-order valence-electron chi connectivity index (χ4n) is 2.53. The molecule has 0 atom stereocenters. The van der Waals surface area contributed by atoms with E-state index in [0.717, 1.165) is 12.8 Å². The molecule has 1 saturated carbocycles. The smallest absolute Gasteiger partial charge is 0.207 e. The second-order valence-corrected chi connectivity index (χ2v) is 5.28. The minimum atomic E-state index is -0.347. The predicted octanol–water partition coefficient (Wildman–Crippen LogP) is 4.02. The lowest BCUT2D eigenvalue weighted by atomic mass is 10.2. The first kappa shape index (κ1) is 12.5. The van der Waals surface area contributed by atoms with Crippen LogP contribution in [-0.2, 0) is 0 Å². The van der Waals surface area contributed by atoms with Crippen molar-refractivity contribution >= 4 is 17.5 Å². The molecule has 1 aliphatic carbocycles. The van der Waals surface area contributed by atoms with Gasteiger partial charge in [-0.15, -0.1) is 0 Å². The van der Waals surface area contributed by atoms with Crippen LogP contribution in [0.25, 0.3) is 5.69 Å². The molecule has 0 amide bonds. The van der Waals surface area contributed by atoms with Gasteiger partial charge < -0.3 is 5.32 Å². The second kappa shape index (κ2) is 5.21. The van der Waals surface area contributed by atoms with Crippen LogP contribution in [0.1, 0.15) is 25.7 Å². The van der Waals surface area contributed by atoms with E-state index in [9.17, 15) is 4.39 Å². The van der Waals surface area contributed by atoms with E-state index in [4.69, 9.17) is 11.6 Å². The van der Waals surface area contributed by atoms with Crippen LogP contribution in [0.3, 0.4) is 0 Å². The summed E-state index contributed by atoms with van der Waals surface area (Å²) in [5.41, 5.74) is 0.461. The van der Waals surface area contributed by atoms with E-state index in [1.807, 2.05) is 0 Å². The van der Waals surface area contributed by atoms with Gasteiger partial charge in [-0.1, -0.05) is 24.4 Å². The topological polar surface area (TPSA) is 29.9 Å². The van der Waals surface area contributed by atoms with Crippen molar-refractivity contribution < 1.29 is 4.39 Å². The number of rotatable bonds is 3. The van der Waals surface area contributed by atoms with Gasteiger partial charge in [-0.05, 0) is 31.0 Å². The molecule has 0 spiro atoms. The molecule has 19 heavy (non-hydrogen) atoms. The van der Waals surface area contributed by atoms with Crippen molar-refractivity contribution in [2.45, 2.75) is 31.7 Å². The summed E-state index contributed by atoms with van der Waals surface area (Å²) in [4.78, 5) is 4.27. The summed E-state index contributed by atoms with van der Waals surface area (Å²) >= 11 is 5.78. The Morgan fingerprint density at radius 3 is 2.84 bits per heavy atom. The van der Waals surface area contributed by atoms with Crippen molar-refractivity contribution in [1.29, 1.82) is 0 Å². The molecule has 0 radical (unpaired) electrons. The van der Waals surface area contributed by atoms with Crippen molar-refractivity contribution in [3.8, 4) is 5.69 Å². The predicted molar refractivity (Wildman–Crippen MR) is 74.4 cm³/mol. The summed E-state index contributed by atoms with van der Waals surface area (Å²) in [5, 5.41) is 3.78. The van der Waals surface area contributed by atoms with Crippen molar-refractivity contribution in [3.63, 3.8) is 0 Å². The first-order valence-electron chi connectivity index (χ1n) is 6.49. The number of hydrogen-bond acceptors (Lipinski definition) is 2.